The van der Waals surface area contributed by atoms with E-state index in [4.69, 9.17) is 4.52 Å². The number of nitrogens with zero attached hydrogens (tertiary/aromatic N) is 2. The minimum absolute atomic E-state index is 0.123. The van der Waals surface area contributed by atoms with E-state index in [9.17, 15) is 4.79 Å². The SMILES string of the molecule is O=C(c1ccno1)N1CCc2ccccc21. The number of anilines is 1. The normalized spacial score (nSPS) is 13.9. The van der Waals surface area contributed by atoms with Crippen molar-refractivity contribution >= 4 is 11.6 Å². The Bertz CT molecular complexity index is 520. The molecule has 4 nitrogen and oxygen atoms in total. The maximum atomic E-state index is 12.1. The van der Waals surface area contributed by atoms with E-state index in [-0.39, 0.29) is 11.7 Å². The van der Waals surface area contributed by atoms with Gasteiger partial charge in [0.05, 0.1) is 6.20 Å². The standard InChI is InChI=1S/C12H10N2O2/c15-12(11-5-7-13-16-11)14-8-6-9-3-1-2-4-10(9)14/h1-5,7H,6,8H2. The molecule has 0 bridgehead atoms. The van der Waals surface area contributed by atoms with Crippen LogP contribution in [0.15, 0.2) is 41.1 Å². The number of aromatic nitrogens is 1. The molecule has 1 aromatic carbocycles. The molecule has 0 N–H and O–H groups in total. The molecule has 0 radical (unpaired) electrons. The van der Waals surface area contributed by atoms with Crippen LogP contribution in [0.3, 0.4) is 0 Å². The van der Waals surface area contributed by atoms with Gasteiger partial charge in [-0.05, 0) is 18.1 Å². The average molecular weight is 214 g/mol. The molecule has 0 spiro atoms. The summed E-state index contributed by atoms with van der Waals surface area (Å²) in [7, 11) is 0. The van der Waals surface area contributed by atoms with Gasteiger partial charge in [0, 0.05) is 18.3 Å². The summed E-state index contributed by atoms with van der Waals surface area (Å²) in [5, 5.41) is 3.55. The summed E-state index contributed by atoms with van der Waals surface area (Å²) in [5.74, 6) is 0.166. The van der Waals surface area contributed by atoms with Crippen LogP contribution in [-0.4, -0.2) is 17.6 Å². The van der Waals surface area contributed by atoms with Gasteiger partial charge in [0.1, 0.15) is 0 Å². The molecule has 0 saturated heterocycles. The second-order valence-corrected chi connectivity index (χ2v) is 3.71. The molecule has 80 valence electrons. The lowest BCUT2D eigenvalue weighted by Crippen LogP contribution is -2.28. The van der Waals surface area contributed by atoms with E-state index in [0.29, 0.717) is 6.54 Å². The van der Waals surface area contributed by atoms with Crippen molar-refractivity contribution in [1.29, 1.82) is 0 Å². The van der Waals surface area contributed by atoms with Crippen LogP contribution in [0.2, 0.25) is 0 Å². The number of para-hydroxylation sites is 1. The van der Waals surface area contributed by atoms with Crippen LogP contribution in [0.5, 0.6) is 0 Å². The highest BCUT2D eigenvalue weighted by molar-refractivity contribution is 6.05. The molecule has 3 rings (SSSR count). The molecule has 1 aliphatic rings. The van der Waals surface area contributed by atoms with Crippen molar-refractivity contribution in [2.45, 2.75) is 6.42 Å². The number of rotatable bonds is 1. The first-order valence-electron chi connectivity index (χ1n) is 5.17. The number of carbonyl (C=O) groups is 1. The lowest BCUT2D eigenvalue weighted by molar-refractivity contribution is 0.0954. The molecule has 1 aromatic heterocycles. The fourth-order valence-corrected chi connectivity index (χ4v) is 2.01. The van der Waals surface area contributed by atoms with Crippen LogP contribution < -0.4 is 4.90 Å². The van der Waals surface area contributed by atoms with Crippen LogP contribution in [0.1, 0.15) is 16.1 Å². The van der Waals surface area contributed by atoms with E-state index < -0.39 is 0 Å². The Labute approximate surface area is 92.5 Å². The fourth-order valence-electron chi connectivity index (χ4n) is 2.01. The van der Waals surface area contributed by atoms with E-state index >= 15 is 0 Å². The van der Waals surface area contributed by atoms with Gasteiger partial charge in [-0.3, -0.25) is 4.79 Å². The molecule has 4 heteroatoms. The number of hydrogen-bond acceptors (Lipinski definition) is 3. The predicted octanol–water partition coefficient (Wildman–Crippen LogP) is 1.88. The van der Waals surface area contributed by atoms with Gasteiger partial charge < -0.3 is 9.42 Å². The fraction of sp³-hybridized carbons (Fsp3) is 0.167. The zero-order valence-electron chi connectivity index (χ0n) is 8.59. The first-order valence-corrected chi connectivity index (χ1v) is 5.17. The van der Waals surface area contributed by atoms with Gasteiger partial charge in [-0.2, -0.15) is 0 Å². The molecule has 2 heterocycles. The Hall–Kier alpha value is -2.10. The van der Waals surface area contributed by atoms with Crippen molar-refractivity contribution < 1.29 is 9.32 Å². The Morgan fingerprint density at radius 2 is 2.19 bits per heavy atom. The molecular weight excluding hydrogens is 204 g/mol. The third kappa shape index (κ3) is 1.31. The number of fused-ring (bicyclic) bond motifs is 1. The monoisotopic (exact) mass is 214 g/mol. The van der Waals surface area contributed by atoms with Crippen LogP contribution in [0, 0.1) is 0 Å². The average Bonchev–Trinajstić information content (AvgIpc) is 2.98. The highest BCUT2D eigenvalue weighted by atomic mass is 16.5. The zero-order valence-corrected chi connectivity index (χ0v) is 8.59. The summed E-state index contributed by atoms with van der Waals surface area (Å²) in [4.78, 5) is 13.8. The summed E-state index contributed by atoms with van der Waals surface area (Å²) in [6.07, 6.45) is 2.38. The van der Waals surface area contributed by atoms with E-state index in [0.717, 1.165) is 12.1 Å². The highest BCUT2D eigenvalue weighted by Crippen LogP contribution is 2.28. The van der Waals surface area contributed by atoms with E-state index in [1.165, 1.54) is 11.8 Å². The first-order chi connectivity index (χ1) is 7.86. The molecule has 1 amide bonds. The van der Waals surface area contributed by atoms with Crippen molar-refractivity contribution in [2.24, 2.45) is 0 Å². The Morgan fingerprint density at radius 3 is 3.00 bits per heavy atom. The number of amides is 1. The molecule has 0 atom stereocenters. The summed E-state index contributed by atoms with van der Waals surface area (Å²) in [6, 6.07) is 9.51. The maximum Gasteiger partial charge on any atom is 0.296 e. The Kier molecular flexibility index (Phi) is 1.99. The quantitative estimate of drug-likeness (QED) is 0.728. The molecular formula is C12H10N2O2. The smallest absolute Gasteiger partial charge is 0.296 e. The largest absolute Gasteiger partial charge is 0.351 e. The highest BCUT2D eigenvalue weighted by Gasteiger charge is 2.26. The van der Waals surface area contributed by atoms with Gasteiger partial charge >= 0.3 is 0 Å². The summed E-state index contributed by atoms with van der Waals surface area (Å²) in [5.41, 5.74) is 2.18. The van der Waals surface area contributed by atoms with Crippen molar-refractivity contribution in [3.63, 3.8) is 0 Å². The van der Waals surface area contributed by atoms with Crippen LogP contribution in [-0.2, 0) is 6.42 Å². The Morgan fingerprint density at radius 1 is 1.31 bits per heavy atom. The van der Waals surface area contributed by atoms with Crippen LogP contribution in [0.25, 0.3) is 0 Å². The zero-order chi connectivity index (χ0) is 11.0. The summed E-state index contributed by atoms with van der Waals surface area (Å²) in [6.45, 7) is 0.707. The summed E-state index contributed by atoms with van der Waals surface area (Å²) < 4.78 is 4.88. The second-order valence-electron chi connectivity index (χ2n) is 3.71. The predicted molar refractivity (Wildman–Crippen MR) is 58.3 cm³/mol. The lowest BCUT2D eigenvalue weighted by Gasteiger charge is -2.14. The molecule has 0 fully saturated rings. The van der Waals surface area contributed by atoms with Crippen molar-refractivity contribution in [1.82, 2.24) is 5.16 Å². The third-order valence-corrected chi connectivity index (χ3v) is 2.78. The van der Waals surface area contributed by atoms with Gasteiger partial charge in [0.15, 0.2) is 0 Å². The van der Waals surface area contributed by atoms with E-state index in [1.807, 2.05) is 24.3 Å². The molecule has 0 unspecified atom stereocenters. The number of carbonyl (C=O) groups excluding carboxylic acids is 1. The molecule has 2 aromatic rings. The first kappa shape index (κ1) is 9.15. The van der Waals surface area contributed by atoms with Gasteiger partial charge in [0.25, 0.3) is 5.91 Å². The summed E-state index contributed by atoms with van der Waals surface area (Å²) >= 11 is 0. The molecule has 16 heavy (non-hydrogen) atoms. The van der Waals surface area contributed by atoms with E-state index in [1.54, 1.807) is 11.0 Å². The lowest BCUT2D eigenvalue weighted by atomic mass is 10.2. The van der Waals surface area contributed by atoms with Crippen LogP contribution >= 0.6 is 0 Å². The minimum Gasteiger partial charge on any atom is -0.351 e. The van der Waals surface area contributed by atoms with Gasteiger partial charge in [-0.25, -0.2) is 0 Å². The van der Waals surface area contributed by atoms with Gasteiger partial charge in [-0.1, -0.05) is 23.4 Å². The Balaban J connectivity index is 1.96. The van der Waals surface area contributed by atoms with Crippen molar-refractivity contribution in [3.05, 3.63) is 47.9 Å². The minimum atomic E-state index is -0.123. The van der Waals surface area contributed by atoms with Gasteiger partial charge in [-0.15, -0.1) is 0 Å². The molecule has 0 aliphatic carbocycles. The molecule has 1 aliphatic heterocycles. The number of hydrogen-bond donors (Lipinski definition) is 0. The van der Waals surface area contributed by atoms with Crippen molar-refractivity contribution in [3.8, 4) is 0 Å². The topological polar surface area (TPSA) is 46.3 Å². The second kappa shape index (κ2) is 3.48. The van der Waals surface area contributed by atoms with Crippen LogP contribution in [0.4, 0.5) is 5.69 Å². The van der Waals surface area contributed by atoms with Gasteiger partial charge in [0.2, 0.25) is 5.76 Å². The molecule has 0 saturated carbocycles. The maximum absolute atomic E-state index is 12.1. The third-order valence-electron chi connectivity index (χ3n) is 2.78. The van der Waals surface area contributed by atoms with E-state index in [2.05, 4.69) is 5.16 Å². The number of benzene rings is 1. The van der Waals surface area contributed by atoms with Crippen molar-refractivity contribution in [2.75, 3.05) is 11.4 Å².